The molecular formula is C20H16N4O3. The Kier molecular flexibility index (Phi) is 3.97. The molecule has 7 heteroatoms. The molecule has 0 unspecified atom stereocenters. The van der Waals surface area contributed by atoms with Crippen LogP contribution in [0.1, 0.15) is 10.4 Å². The molecule has 0 fully saturated rings. The molecule has 0 saturated carbocycles. The van der Waals surface area contributed by atoms with Crippen LogP contribution in [0.2, 0.25) is 0 Å². The molecule has 0 spiro atoms. The standard InChI is InChI=1S/C20H16N4O3/c1-27-17-5-3-2-4-13(17)18-15-9-12(10-22-19(15)24-23-18)11-6-7-16(21)14(8-11)20(25)26/h2-10H,21H2,1H3,(H,25,26)(H,22,23,24). The molecule has 0 aliphatic rings. The summed E-state index contributed by atoms with van der Waals surface area (Å²) in [5.74, 6) is -0.363. The van der Waals surface area contributed by atoms with Crippen molar-refractivity contribution in [1.29, 1.82) is 0 Å². The number of hydrogen-bond acceptors (Lipinski definition) is 5. The molecule has 0 atom stereocenters. The summed E-state index contributed by atoms with van der Waals surface area (Å²) < 4.78 is 5.43. The Bertz CT molecular complexity index is 1170. The Labute approximate surface area is 154 Å². The average Bonchev–Trinajstić information content (AvgIpc) is 3.11. The maximum Gasteiger partial charge on any atom is 0.337 e. The molecule has 2 aromatic heterocycles. The van der Waals surface area contributed by atoms with E-state index in [-0.39, 0.29) is 11.3 Å². The van der Waals surface area contributed by atoms with E-state index in [4.69, 9.17) is 10.5 Å². The van der Waals surface area contributed by atoms with Crippen LogP contribution >= 0.6 is 0 Å². The van der Waals surface area contributed by atoms with Gasteiger partial charge in [-0.2, -0.15) is 5.10 Å². The van der Waals surface area contributed by atoms with Crippen molar-refractivity contribution in [2.24, 2.45) is 0 Å². The van der Waals surface area contributed by atoms with Gasteiger partial charge in [-0.05, 0) is 35.9 Å². The Hall–Kier alpha value is -3.87. The SMILES string of the molecule is COc1ccccc1-c1n[nH]c2ncc(-c3ccc(N)c(C(=O)O)c3)cc12. The van der Waals surface area contributed by atoms with Gasteiger partial charge in [-0.25, -0.2) is 9.78 Å². The van der Waals surface area contributed by atoms with Crippen molar-refractivity contribution >= 4 is 22.7 Å². The summed E-state index contributed by atoms with van der Waals surface area (Å²) in [7, 11) is 1.61. The normalized spacial score (nSPS) is 10.9. The molecule has 2 aromatic carbocycles. The number of aromatic nitrogens is 3. The first-order chi connectivity index (χ1) is 13.1. The number of pyridine rings is 1. The van der Waals surface area contributed by atoms with Crippen LogP contribution in [-0.2, 0) is 0 Å². The van der Waals surface area contributed by atoms with E-state index in [1.807, 2.05) is 30.3 Å². The smallest absolute Gasteiger partial charge is 0.337 e. The van der Waals surface area contributed by atoms with Crippen molar-refractivity contribution in [3.63, 3.8) is 0 Å². The van der Waals surface area contributed by atoms with Gasteiger partial charge in [-0.15, -0.1) is 0 Å². The molecule has 0 saturated heterocycles. The Morgan fingerprint density at radius 1 is 1.15 bits per heavy atom. The minimum Gasteiger partial charge on any atom is -0.496 e. The van der Waals surface area contributed by atoms with Crippen LogP contribution in [0.15, 0.2) is 54.7 Å². The van der Waals surface area contributed by atoms with Crippen LogP contribution < -0.4 is 10.5 Å². The molecule has 4 rings (SSSR count). The Morgan fingerprint density at radius 3 is 2.74 bits per heavy atom. The number of nitrogens with one attached hydrogen (secondary N) is 1. The highest BCUT2D eigenvalue weighted by atomic mass is 16.5. The van der Waals surface area contributed by atoms with Gasteiger partial charge in [0.1, 0.15) is 11.4 Å². The second-order valence-corrected chi connectivity index (χ2v) is 6.00. The number of para-hydroxylation sites is 1. The summed E-state index contributed by atoms with van der Waals surface area (Å²) in [6.45, 7) is 0. The van der Waals surface area contributed by atoms with Crippen molar-refractivity contribution < 1.29 is 14.6 Å². The topological polar surface area (TPSA) is 114 Å². The average molecular weight is 360 g/mol. The number of methoxy groups -OCH3 is 1. The number of carbonyl (C=O) groups is 1. The van der Waals surface area contributed by atoms with E-state index in [0.29, 0.717) is 22.7 Å². The number of ether oxygens (including phenoxy) is 1. The third-order valence-electron chi connectivity index (χ3n) is 4.40. The summed E-state index contributed by atoms with van der Waals surface area (Å²) in [4.78, 5) is 15.8. The zero-order valence-corrected chi connectivity index (χ0v) is 14.4. The van der Waals surface area contributed by atoms with Crippen LogP contribution in [0.4, 0.5) is 5.69 Å². The number of carboxylic acids is 1. The molecule has 0 aliphatic heterocycles. The molecule has 4 aromatic rings. The van der Waals surface area contributed by atoms with E-state index < -0.39 is 5.97 Å². The number of hydrogen-bond donors (Lipinski definition) is 3. The molecule has 0 bridgehead atoms. The van der Waals surface area contributed by atoms with Crippen molar-refractivity contribution in [2.45, 2.75) is 0 Å². The molecule has 0 amide bonds. The first-order valence-electron chi connectivity index (χ1n) is 8.19. The van der Waals surface area contributed by atoms with Crippen LogP contribution in [0.3, 0.4) is 0 Å². The summed E-state index contributed by atoms with van der Waals surface area (Å²) in [6, 6.07) is 14.4. The predicted octanol–water partition coefficient (Wildman–Crippen LogP) is 3.58. The summed E-state index contributed by atoms with van der Waals surface area (Å²) >= 11 is 0. The number of aromatic amines is 1. The number of H-pyrrole nitrogens is 1. The van der Waals surface area contributed by atoms with Crippen molar-refractivity contribution in [1.82, 2.24) is 15.2 Å². The second kappa shape index (κ2) is 6.45. The van der Waals surface area contributed by atoms with E-state index in [0.717, 1.165) is 16.5 Å². The number of fused-ring (bicyclic) bond motifs is 1. The number of aromatic carboxylic acids is 1. The molecule has 27 heavy (non-hydrogen) atoms. The van der Waals surface area contributed by atoms with Crippen LogP contribution in [0, 0.1) is 0 Å². The molecule has 4 N–H and O–H groups in total. The first kappa shape index (κ1) is 16.6. The lowest BCUT2D eigenvalue weighted by atomic mass is 10.0. The highest BCUT2D eigenvalue weighted by Crippen LogP contribution is 2.34. The number of carboxylic acid groups (broad SMARTS) is 1. The number of rotatable bonds is 4. The number of anilines is 1. The van der Waals surface area contributed by atoms with Gasteiger partial charge >= 0.3 is 5.97 Å². The lowest BCUT2D eigenvalue weighted by molar-refractivity contribution is 0.0698. The molecule has 134 valence electrons. The number of nitrogen functional groups attached to an aromatic ring is 1. The highest BCUT2D eigenvalue weighted by Gasteiger charge is 2.15. The Balaban J connectivity index is 1.88. The molecule has 2 heterocycles. The summed E-state index contributed by atoms with van der Waals surface area (Å²) in [5.41, 5.74) is 9.70. The van der Waals surface area contributed by atoms with Gasteiger partial charge in [0.15, 0.2) is 5.65 Å². The molecule has 0 aliphatic carbocycles. The maximum atomic E-state index is 11.4. The molecule has 7 nitrogen and oxygen atoms in total. The van der Waals surface area contributed by atoms with Gasteiger partial charge in [-0.3, -0.25) is 5.10 Å². The maximum absolute atomic E-state index is 11.4. The minimum atomic E-state index is -1.07. The van der Waals surface area contributed by atoms with E-state index in [1.54, 1.807) is 31.5 Å². The van der Waals surface area contributed by atoms with Crippen LogP contribution in [0.5, 0.6) is 5.75 Å². The van der Waals surface area contributed by atoms with Gasteiger partial charge in [-0.1, -0.05) is 18.2 Å². The summed E-state index contributed by atoms with van der Waals surface area (Å²) in [6.07, 6.45) is 1.67. The van der Waals surface area contributed by atoms with Crippen LogP contribution in [0.25, 0.3) is 33.4 Å². The predicted molar refractivity (Wildman–Crippen MR) is 103 cm³/mol. The first-order valence-corrected chi connectivity index (χ1v) is 8.19. The van der Waals surface area contributed by atoms with Gasteiger partial charge < -0.3 is 15.6 Å². The fourth-order valence-corrected chi connectivity index (χ4v) is 3.03. The molecular weight excluding hydrogens is 344 g/mol. The zero-order chi connectivity index (χ0) is 19.0. The van der Waals surface area contributed by atoms with E-state index in [1.165, 1.54) is 0 Å². The van der Waals surface area contributed by atoms with Gasteiger partial charge in [0.25, 0.3) is 0 Å². The number of nitrogens with zero attached hydrogens (tertiary/aromatic N) is 2. The van der Waals surface area contributed by atoms with Crippen molar-refractivity contribution in [2.75, 3.05) is 12.8 Å². The third kappa shape index (κ3) is 2.85. The summed E-state index contributed by atoms with van der Waals surface area (Å²) in [5, 5.41) is 17.4. The lowest BCUT2D eigenvalue weighted by Crippen LogP contribution is -2.02. The number of nitrogens with two attached hydrogens (primary N) is 1. The van der Waals surface area contributed by atoms with Crippen LogP contribution in [-0.4, -0.2) is 33.4 Å². The fourth-order valence-electron chi connectivity index (χ4n) is 3.03. The monoisotopic (exact) mass is 360 g/mol. The van der Waals surface area contributed by atoms with E-state index in [2.05, 4.69) is 15.2 Å². The fraction of sp³-hybridized carbons (Fsp3) is 0.0500. The van der Waals surface area contributed by atoms with Crippen molar-refractivity contribution in [3.05, 3.63) is 60.3 Å². The Morgan fingerprint density at radius 2 is 1.96 bits per heavy atom. The lowest BCUT2D eigenvalue weighted by Gasteiger charge is -2.07. The van der Waals surface area contributed by atoms with E-state index in [9.17, 15) is 9.90 Å². The van der Waals surface area contributed by atoms with Crippen molar-refractivity contribution in [3.8, 4) is 28.1 Å². The third-order valence-corrected chi connectivity index (χ3v) is 4.40. The second-order valence-electron chi connectivity index (χ2n) is 6.00. The highest BCUT2D eigenvalue weighted by molar-refractivity contribution is 5.97. The van der Waals surface area contributed by atoms with Gasteiger partial charge in [0, 0.05) is 28.4 Å². The quantitative estimate of drug-likeness (QED) is 0.479. The molecule has 0 radical (unpaired) electrons. The zero-order valence-electron chi connectivity index (χ0n) is 14.4. The number of benzene rings is 2. The van der Waals surface area contributed by atoms with Gasteiger partial charge in [0.05, 0.1) is 12.7 Å². The minimum absolute atomic E-state index is 0.0599. The van der Waals surface area contributed by atoms with Gasteiger partial charge in [0.2, 0.25) is 0 Å². The largest absolute Gasteiger partial charge is 0.496 e. The van der Waals surface area contributed by atoms with E-state index >= 15 is 0 Å².